The molecule has 4 aromatic carbocycles. The van der Waals surface area contributed by atoms with Gasteiger partial charge in [-0.05, 0) is 86.7 Å². The van der Waals surface area contributed by atoms with Gasteiger partial charge < -0.3 is 10.1 Å². The van der Waals surface area contributed by atoms with Gasteiger partial charge in [0.25, 0.3) is 5.91 Å². The van der Waals surface area contributed by atoms with E-state index in [4.69, 9.17) is 16.3 Å². The van der Waals surface area contributed by atoms with Crippen molar-refractivity contribution in [2.45, 2.75) is 13.5 Å². The number of anilines is 1. The molecular weight excluding hydrogens is 512 g/mol. The first kappa shape index (κ1) is 23.6. The second-order valence-electron chi connectivity index (χ2n) is 7.75. The number of nitrogens with one attached hydrogen (secondary N) is 1. The van der Waals surface area contributed by atoms with E-state index in [2.05, 4.69) is 45.5 Å². The molecule has 0 aliphatic heterocycles. The number of carbonyl (C=O) groups excluding carboxylic acids is 1. The third-order valence-electron chi connectivity index (χ3n) is 5.27. The Balaban J connectivity index is 1.45. The minimum absolute atomic E-state index is 0.0200. The highest BCUT2D eigenvalue weighted by atomic mass is 79.9. The maximum atomic E-state index is 12.6. The lowest BCUT2D eigenvalue weighted by atomic mass is 10.1. The summed E-state index contributed by atoms with van der Waals surface area (Å²) in [6, 6.07) is 27.0. The fraction of sp³-hybridized carbons (Fsp3) is 0.0714. The number of rotatable bonds is 6. The zero-order chi connectivity index (χ0) is 24.1. The third-order valence-corrected chi connectivity index (χ3v) is 6.30. The summed E-state index contributed by atoms with van der Waals surface area (Å²) in [7, 11) is 0. The molecule has 0 aromatic heterocycles. The van der Waals surface area contributed by atoms with E-state index in [0.29, 0.717) is 28.6 Å². The molecule has 4 nitrogen and oxygen atoms in total. The number of nitriles is 1. The number of fused-ring (bicyclic) bond motifs is 1. The monoisotopic (exact) mass is 530 g/mol. The lowest BCUT2D eigenvalue weighted by molar-refractivity contribution is -0.112. The van der Waals surface area contributed by atoms with Gasteiger partial charge in [0.05, 0.1) is 4.47 Å². The molecule has 1 amide bonds. The summed E-state index contributed by atoms with van der Waals surface area (Å²) < 4.78 is 6.71. The number of hydrogen-bond acceptors (Lipinski definition) is 3. The highest BCUT2D eigenvalue weighted by Crippen LogP contribution is 2.28. The zero-order valence-electron chi connectivity index (χ0n) is 18.3. The minimum Gasteiger partial charge on any atom is -0.488 e. The zero-order valence-corrected chi connectivity index (χ0v) is 20.7. The van der Waals surface area contributed by atoms with E-state index in [-0.39, 0.29) is 5.57 Å². The summed E-state index contributed by atoms with van der Waals surface area (Å²) >= 11 is 9.64. The molecular formula is C28H20BrClN2O2. The van der Waals surface area contributed by atoms with Crippen molar-refractivity contribution in [1.29, 1.82) is 5.26 Å². The van der Waals surface area contributed by atoms with Gasteiger partial charge in [-0.3, -0.25) is 4.79 Å². The van der Waals surface area contributed by atoms with Gasteiger partial charge in [0.1, 0.15) is 24.0 Å². The van der Waals surface area contributed by atoms with Gasteiger partial charge >= 0.3 is 0 Å². The fourth-order valence-corrected chi connectivity index (χ4v) is 4.09. The maximum absolute atomic E-state index is 12.6. The van der Waals surface area contributed by atoms with Gasteiger partial charge in [0.15, 0.2) is 0 Å². The molecule has 1 N–H and O–H groups in total. The van der Waals surface area contributed by atoms with Gasteiger partial charge in [-0.2, -0.15) is 5.26 Å². The summed E-state index contributed by atoms with van der Waals surface area (Å²) in [6.45, 7) is 2.30. The van der Waals surface area contributed by atoms with E-state index in [1.54, 1.807) is 18.2 Å². The molecule has 0 aliphatic rings. The molecule has 0 saturated heterocycles. The van der Waals surface area contributed by atoms with Gasteiger partial charge in [0.2, 0.25) is 0 Å². The molecule has 0 fully saturated rings. The summed E-state index contributed by atoms with van der Waals surface area (Å²) in [5.41, 5.74) is 3.17. The summed E-state index contributed by atoms with van der Waals surface area (Å²) in [5, 5.41) is 15.1. The van der Waals surface area contributed by atoms with E-state index in [1.807, 2.05) is 49.4 Å². The Hall–Kier alpha value is -3.59. The number of carbonyl (C=O) groups is 1. The van der Waals surface area contributed by atoms with Crippen LogP contribution >= 0.6 is 27.5 Å². The Bertz CT molecular complexity index is 1460. The van der Waals surface area contributed by atoms with Crippen molar-refractivity contribution in [3.63, 3.8) is 0 Å². The van der Waals surface area contributed by atoms with Gasteiger partial charge in [-0.25, -0.2) is 0 Å². The van der Waals surface area contributed by atoms with Crippen LogP contribution in [0.1, 0.15) is 16.7 Å². The molecule has 0 bridgehead atoms. The fourth-order valence-electron chi connectivity index (χ4n) is 3.40. The Morgan fingerprint density at radius 1 is 1.06 bits per heavy atom. The Morgan fingerprint density at radius 3 is 2.59 bits per heavy atom. The molecule has 0 aliphatic carbocycles. The topological polar surface area (TPSA) is 62.1 Å². The molecule has 0 heterocycles. The molecule has 34 heavy (non-hydrogen) atoms. The van der Waals surface area contributed by atoms with Gasteiger partial charge in [0, 0.05) is 10.7 Å². The number of amides is 1. The van der Waals surface area contributed by atoms with E-state index < -0.39 is 5.91 Å². The predicted octanol–water partition coefficient (Wildman–Crippen LogP) is 7.69. The summed E-state index contributed by atoms with van der Waals surface area (Å²) in [6.07, 6.45) is 1.53. The maximum Gasteiger partial charge on any atom is 0.266 e. The van der Waals surface area contributed by atoms with Gasteiger partial charge in [-0.1, -0.05) is 60.1 Å². The summed E-state index contributed by atoms with van der Waals surface area (Å²) in [4.78, 5) is 12.6. The molecule has 0 spiro atoms. The van der Waals surface area contributed by atoms with Crippen LogP contribution in [0.5, 0.6) is 5.75 Å². The highest BCUT2D eigenvalue weighted by Gasteiger charge is 2.11. The number of ether oxygens (including phenoxy) is 1. The molecule has 0 saturated carbocycles. The minimum atomic E-state index is -0.504. The van der Waals surface area contributed by atoms with Crippen molar-refractivity contribution in [3.05, 3.63) is 111 Å². The van der Waals surface area contributed by atoms with Gasteiger partial charge in [-0.15, -0.1) is 0 Å². The largest absolute Gasteiger partial charge is 0.488 e. The first-order valence-electron chi connectivity index (χ1n) is 10.5. The van der Waals surface area contributed by atoms with Crippen molar-refractivity contribution >= 4 is 56.0 Å². The van der Waals surface area contributed by atoms with Crippen LogP contribution in [0.25, 0.3) is 16.8 Å². The SMILES string of the molecule is Cc1ccc(NC(=O)/C(C#N)=C\c2ccc(OCc3ccc4ccccc4c3)c(Br)c2)cc1Cl. The van der Waals surface area contributed by atoms with E-state index in [1.165, 1.54) is 16.8 Å². The molecule has 6 heteroatoms. The van der Waals surface area contributed by atoms with Crippen molar-refractivity contribution < 1.29 is 9.53 Å². The van der Waals surface area contributed by atoms with Crippen molar-refractivity contribution in [2.75, 3.05) is 5.32 Å². The number of benzene rings is 4. The predicted molar refractivity (Wildman–Crippen MR) is 141 cm³/mol. The van der Waals surface area contributed by atoms with Crippen LogP contribution in [-0.4, -0.2) is 5.91 Å². The first-order chi connectivity index (χ1) is 16.4. The van der Waals surface area contributed by atoms with Crippen LogP contribution in [0.15, 0.2) is 88.9 Å². The van der Waals surface area contributed by atoms with E-state index >= 15 is 0 Å². The molecule has 4 aromatic rings. The lowest BCUT2D eigenvalue weighted by Gasteiger charge is -2.10. The van der Waals surface area contributed by atoms with E-state index in [9.17, 15) is 10.1 Å². The lowest BCUT2D eigenvalue weighted by Crippen LogP contribution is -2.13. The number of nitrogens with zero attached hydrogens (tertiary/aromatic N) is 1. The quantitative estimate of drug-likeness (QED) is 0.205. The normalized spacial score (nSPS) is 11.2. The van der Waals surface area contributed by atoms with Crippen LogP contribution in [0, 0.1) is 18.3 Å². The Labute approximate surface area is 211 Å². The Kier molecular flexibility index (Phi) is 7.32. The highest BCUT2D eigenvalue weighted by molar-refractivity contribution is 9.10. The third kappa shape index (κ3) is 5.66. The molecule has 0 radical (unpaired) electrons. The van der Waals surface area contributed by atoms with Crippen LogP contribution < -0.4 is 10.1 Å². The number of hydrogen-bond donors (Lipinski definition) is 1. The summed E-state index contributed by atoms with van der Waals surface area (Å²) in [5.74, 6) is 0.165. The van der Waals surface area contributed by atoms with Crippen LogP contribution in [0.4, 0.5) is 5.69 Å². The van der Waals surface area contributed by atoms with Crippen molar-refractivity contribution in [2.24, 2.45) is 0 Å². The smallest absolute Gasteiger partial charge is 0.266 e. The second kappa shape index (κ2) is 10.6. The van der Waals surface area contributed by atoms with Crippen molar-refractivity contribution in [3.8, 4) is 11.8 Å². The second-order valence-corrected chi connectivity index (χ2v) is 9.01. The van der Waals surface area contributed by atoms with Crippen LogP contribution in [0.2, 0.25) is 5.02 Å². The van der Waals surface area contributed by atoms with E-state index in [0.717, 1.165) is 15.6 Å². The molecule has 0 atom stereocenters. The molecule has 0 unspecified atom stereocenters. The van der Waals surface area contributed by atoms with Crippen molar-refractivity contribution in [1.82, 2.24) is 0 Å². The molecule has 168 valence electrons. The van der Waals surface area contributed by atoms with Crippen LogP contribution in [0.3, 0.4) is 0 Å². The number of aryl methyl sites for hydroxylation is 1. The standard InChI is InChI=1S/C28H20BrClN2O2/c1-18-6-10-24(15-26(18)30)32-28(33)23(16-31)12-19-8-11-27(25(29)14-19)34-17-20-7-9-21-4-2-3-5-22(21)13-20/h2-15H,17H2,1H3,(H,32,33)/b23-12-. The average Bonchev–Trinajstić information content (AvgIpc) is 2.84. The Morgan fingerprint density at radius 2 is 1.85 bits per heavy atom. The number of halogens is 2. The average molecular weight is 532 g/mol. The van der Waals surface area contributed by atoms with Crippen LogP contribution in [-0.2, 0) is 11.4 Å². The first-order valence-corrected chi connectivity index (χ1v) is 11.7. The molecule has 4 rings (SSSR count).